The van der Waals surface area contributed by atoms with Gasteiger partial charge in [0.15, 0.2) is 0 Å². The van der Waals surface area contributed by atoms with E-state index in [0.717, 1.165) is 35.7 Å². The molecule has 1 saturated heterocycles. The van der Waals surface area contributed by atoms with E-state index in [4.69, 9.17) is 15.5 Å². The van der Waals surface area contributed by atoms with Crippen LogP contribution in [0.5, 0.6) is 0 Å². The van der Waals surface area contributed by atoms with Crippen molar-refractivity contribution in [1.29, 1.82) is 0 Å². The first-order valence-electron chi connectivity index (χ1n) is 9.40. The molecule has 1 aliphatic carbocycles. The molecule has 25 heavy (non-hydrogen) atoms. The molecule has 2 fully saturated rings. The predicted molar refractivity (Wildman–Crippen MR) is 103 cm³/mol. The van der Waals surface area contributed by atoms with E-state index in [1.807, 2.05) is 0 Å². The summed E-state index contributed by atoms with van der Waals surface area (Å²) >= 11 is 1.72. The van der Waals surface area contributed by atoms with E-state index in [-0.39, 0.29) is 11.6 Å². The van der Waals surface area contributed by atoms with Crippen LogP contribution in [0.4, 0.5) is 5.82 Å². The van der Waals surface area contributed by atoms with Gasteiger partial charge in [0, 0.05) is 18.0 Å². The zero-order valence-electron chi connectivity index (χ0n) is 15.5. The van der Waals surface area contributed by atoms with Crippen molar-refractivity contribution in [3.8, 4) is 0 Å². The highest BCUT2D eigenvalue weighted by Gasteiger charge is 2.39. The Balaban J connectivity index is 1.62. The number of rotatable bonds is 2. The maximum atomic E-state index is 6.29. The highest BCUT2D eigenvalue weighted by atomic mass is 32.1. The fourth-order valence-corrected chi connectivity index (χ4v) is 5.40. The predicted octanol–water partition coefficient (Wildman–Crippen LogP) is 3.99. The van der Waals surface area contributed by atoms with Gasteiger partial charge in [-0.25, -0.2) is 9.97 Å². The Morgan fingerprint density at radius 1 is 1.20 bits per heavy atom. The lowest BCUT2D eigenvalue weighted by molar-refractivity contribution is -0.135. The third kappa shape index (κ3) is 3.04. The summed E-state index contributed by atoms with van der Waals surface area (Å²) in [5.41, 5.74) is 7.55. The Bertz CT molecular complexity index is 776. The first-order valence-corrected chi connectivity index (χ1v) is 10.2. The quantitative estimate of drug-likeness (QED) is 0.877. The van der Waals surface area contributed by atoms with Crippen LogP contribution in [0.15, 0.2) is 0 Å². The summed E-state index contributed by atoms with van der Waals surface area (Å²) in [6.45, 7) is 9.16. The normalized spacial score (nSPS) is 22.5. The number of nitrogens with zero attached hydrogens (tertiary/aromatic N) is 3. The minimum atomic E-state index is 0.0521. The molecule has 5 nitrogen and oxygen atoms in total. The summed E-state index contributed by atoms with van der Waals surface area (Å²) < 4.78 is 6.23. The number of fused-ring (bicyclic) bond motifs is 1. The Labute approximate surface area is 153 Å². The Morgan fingerprint density at radius 2 is 1.96 bits per heavy atom. The number of morpholine rings is 1. The van der Waals surface area contributed by atoms with Gasteiger partial charge in [-0.05, 0) is 39.2 Å². The van der Waals surface area contributed by atoms with E-state index in [2.05, 4.69) is 30.7 Å². The number of ether oxygens (including phenoxy) is 1. The molecule has 0 bridgehead atoms. The first-order chi connectivity index (χ1) is 12.0. The lowest BCUT2D eigenvalue weighted by Crippen LogP contribution is -2.53. The summed E-state index contributed by atoms with van der Waals surface area (Å²) in [5.74, 6) is 1.47. The molecule has 136 valence electrons. The first kappa shape index (κ1) is 17.2. The molecule has 3 heterocycles. The van der Waals surface area contributed by atoms with Gasteiger partial charge in [-0.3, -0.25) is 4.90 Å². The smallest absolute Gasteiger partial charge is 0.149 e. The maximum absolute atomic E-state index is 6.29. The van der Waals surface area contributed by atoms with Crippen molar-refractivity contribution in [2.45, 2.75) is 64.5 Å². The third-order valence-electron chi connectivity index (χ3n) is 6.04. The summed E-state index contributed by atoms with van der Waals surface area (Å²) in [5, 5.41) is 1.03. The summed E-state index contributed by atoms with van der Waals surface area (Å²) in [6.07, 6.45) is 6.27. The van der Waals surface area contributed by atoms with Gasteiger partial charge in [-0.15, -0.1) is 11.3 Å². The summed E-state index contributed by atoms with van der Waals surface area (Å²) in [6, 6.07) is 0.164. The van der Waals surface area contributed by atoms with Crippen molar-refractivity contribution in [1.82, 2.24) is 14.9 Å². The van der Waals surface area contributed by atoms with Gasteiger partial charge < -0.3 is 10.5 Å². The molecule has 1 spiro atoms. The van der Waals surface area contributed by atoms with Crippen LogP contribution in [-0.2, 0) is 4.74 Å². The van der Waals surface area contributed by atoms with Crippen LogP contribution in [0, 0.1) is 13.8 Å². The summed E-state index contributed by atoms with van der Waals surface area (Å²) in [4.78, 5) is 14.3. The number of hydrogen-bond donors (Lipinski definition) is 1. The molecule has 2 aromatic rings. The second kappa shape index (κ2) is 6.49. The van der Waals surface area contributed by atoms with Crippen LogP contribution in [0.2, 0.25) is 0 Å². The van der Waals surface area contributed by atoms with E-state index >= 15 is 0 Å². The zero-order chi connectivity index (χ0) is 17.6. The monoisotopic (exact) mass is 360 g/mol. The van der Waals surface area contributed by atoms with E-state index in [9.17, 15) is 0 Å². The minimum Gasteiger partial charge on any atom is -0.383 e. The van der Waals surface area contributed by atoms with E-state index in [0.29, 0.717) is 5.82 Å². The van der Waals surface area contributed by atoms with Gasteiger partial charge in [-0.1, -0.05) is 19.3 Å². The molecule has 2 aliphatic rings. The Kier molecular flexibility index (Phi) is 4.46. The maximum Gasteiger partial charge on any atom is 0.149 e. The molecule has 1 atom stereocenters. The van der Waals surface area contributed by atoms with E-state index < -0.39 is 0 Å². The second-order valence-corrected chi connectivity index (χ2v) is 8.87. The van der Waals surface area contributed by atoms with Crippen LogP contribution in [0.3, 0.4) is 0 Å². The van der Waals surface area contributed by atoms with Crippen molar-refractivity contribution in [3.63, 3.8) is 0 Å². The molecule has 0 amide bonds. The van der Waals surface area contributed by atoms with E-state index in [1.165, 1.54) is 42.5 Å². The topological polar surface area (TPSA) is 64.3 Å². The standard InChI is InChI=1S/C19H28N4OS/c1-12-14(3)25-18-15(12)16(20)21-17(22-18)13(2)23-9-10-24-19(11-23)7-5-4-6-8-19/h13H,4-11H2,1-3H3,(H2,20,21,22). The van der Waals surface area contributed by atoms with Crippen LogP contribution in [0.1, 0.15) is 61.3 Å². The average Bonchev–Trinajstić information content (AvgIpc) is 2.89. The molecule has 0 aromatic carbocycles. The van der Waals surface area contributed by atoms with Crippen molar-refractivity contribution in [2.24, 2.45) is 0 Å². The highest BCUT2D eigenvalue weighted by molar-refractivity contribution is 7.18. The SMILES string of the molecule is Cc1sc2nc(C(C)N3CCOC4(CCCCC4)C3)nc(N)c2c1C. The summed E-state index contributed by atoms with van der Waals surface area (Å²) in [7, 11) is 0. The fraction of sp³-hybridized carbons (Fsp3) is 0.684. The lowest BCUT2D eigenvalue weighted by atomic mass is 9.83. The molecule has 2 aromatic heterocycles. The van der Waals surface area contributed by atoms with Crippen LogP contribution < -0.4 is 5.73 Å². The number of thiophene rings is 1. The third-order valence-corrected chi connectivity index (χ3v) is 7.14. The lowest BCUT2D eigenvalue weighted by Gasteiger charge is -2.46. The number of nitrogens with two attached hydrogens (primary N) is 1. The highest BCUT2D eigenvalue weighted by Crippen LogP contribution is 2.37. The molecule has 1 saturated carbocycles. The van der Waals surface area contributed by atoms with Crippen molar-refractivity contribution in [2.75, 3.05) is 25.4 Å². The number of aromatic nitrogens is 2. The van der Waals surface area contributed by atoms with Gasteiger partial charge in [0.05, 0.1) is 23.6 Å². The number of hydrogen-bond acceptors (Lipinski definition) is 6. The van der Waals surface area contributed by atoms with Crippen molar-refractivity contribution in [3.05, 3.63) is 16.3 Å². The Morgan fingerprint density at radius 3 is 2.72 bits per heavy atom. The second-order valence-electron chi connectivity index (χ2n) is 7.67. The zero-order valence-corrected chi connectivity index (χ0v) is 16.3. The van der Waals surface area contributed by atoms with Gasteiger partial charge >= 0.3 is 0 Å². The number of aryl methyl sites for hydroxylation is 2. The number of nitrogen functional groups attached to an aromatic ring is 1. The molecule has 1 unspecified atom stereocenters. The van der Waals surface area contributed by atoms with Crippen LogP contribution in [-0.4, -0.2) is 40.2 Å². The number of anilines is 1. The molecule has 1 aliphatic heterocycles. The van der Waals surface area contributed by atoms with Crippen LogP contribution in [0.25, 0.3) is 10.2 Å². The van der Waals surface area contributed by atoms with Gasteiger partial charge in [0.25, 0.3) is 0 Å². The van der Waals surface area contributed by atoms with Crippen molar-refractivity contribution < 1.29 is 4.74 Å². The van der Waals surface area contributed by atoms with Gasteiger partial charge in [0.1, 0.15) is 16.5 Å². The Hall–Kier alpha value is -1.24. The van der Waals surface area contributed by atoms with Gasteiger partial charge in [0.2, 0.25) is 0 Å². The fourth-order valence-electron chi connectivity index (χ4n) is 4.35. The average molecular weight is 361 g/mol. The molecule has 4 rings (SSSR count). The molecular formula is C19H28N4OS. The molecule has 0 radical (unpaired) electrons. The van der Waals surface area contributed by atoms with E-state index in [1.54, 1.807) is 11.3 Å². The molecule has 6 heteroatoms. The van der Waals surface area contributed by atoms with Crippen LogP contribution >= 0.6 is 11.3 Å². The molecule has 2 N–H and O–H groups in total. The van der Waals surface area contributed by atoms with Gasteiger partial charge in [-0.2, -0.15) is 0 Å². The largest absolute Gasteiger partial charge is 0.383 e. The van der Waals surface area contributed by atoms with Crippen molar-refractivity contribution >= 4 is 27.4 Å². The minimum absolute atomic E-state index is 0.0521. The molecular weight excluding hydrogens is 332 g/mol.